The number of nitrogens with zero attached hydrogens (tertiary/aromatic N) is 2. The highest BCUT2D eigenvalue weighted by molar-refractivity contribution is 7.14. The summed E-state index contributed by atoms with van der Waals surface area (Å²) in [7, 11) is 0. The third-order valence-corrected chi connectivity index (χ3v) is 3.16. The topological polar surface area (TPSA) is 41.6 Å². The molecule has 0 bridgehead atoms. The first-order valence-corrected chi connectivity index (χ1v) is 5.52. The molecule has 0 spiro atoms. The molecule has 0 fully saturated rings. The van der Waals surface area contributed by atoms with Crippen molar-refractivity contribution < 1.29 is 0 Å². The van der Waals surface area contributed by atoms with Crippen molar-refractivity contribution in [3.8, 4) is 10.7 Å². The highest BCUT2D eigenvalue weighted by Gasteiger charge is 2.06. The largest absolute Gasteiger partial charge is 0.337 e. The molecule has 3 aromatic rings. The number of aromatic nitrogens is 3. The van der Waals surface area contributed by atoms with E-state index in [0.29, 0.717) is 0 Å². The van der Waals surface area contributed by atoms with Crippen LogP contribution in [0.2, 0.25) is 0 Å². The Balaban J connectivity index is 2.19. The summed E-state index contributed by atoms with van der Waals surface area (Å²) in [5.74, 6) is 0.904. The summed E-state index contributed by atoms with van der Waals surface area (Å²) in [6.45, 7) is 2.00. The molecule has 74 valence electrons. The van der Waals surface area contributed by atoms with Crippen LogP contribution < -0.4 is 0 Å². The first-order chi connectivity index (χ1) is 7.33. The van der Waals surface area contributed by atoms with Crippen LogP contribution in [0.4, 0.5) is 0 Å². The van der Waals surface area contributed by atoms with Crippen molar-refractivity contribution in [3.63, 3.8) is 0 Å². The van der Waals surface area contributed by atoms with Crippen LogP contribution in [0.25, 0.3) is 21.7 Å². The normalized spacial score (nSPS) is 11.0. The molecule has 1 aromatic carbocycles. The standard InChI is InChI=1S/C11H9N3S/c1-7-12-6-10(15-7)11-13-8-4-2-3-5-9(8)14-11/h2-6H,1H3,(H,13,14). The van der Waals surface area contributed by atoms with Gasteiger partial charge in [0.25, 0.3) is 0 Å². The van der Waals surface area contributed by atoms with Crippen molar-refractivity contribution in [2.24, 2.45) is 0 Å². The number of hydrogen-bond acceptors (Lipinski definition) is 3. The smallest absolute Gasteiger partial charge is 0.150 e. The first kappa shape index (κ1) is 8.61. The molecule has 15 heavy (non-hydrogen) atoms. The number of thiazole rings is 1. The quantitative estimate of drug-likeness (QED) is 0.678. The number of H-pyrrole nitrogens is 1. The number of imidazole rings is 1. The van der Waals surface area contributed by atoms with Gasteiger partial charge in [-0.05, 0) is 19.1 Å². The maximum atomic E-state index is 4.51. The summed E-state index contributed by atoms with van der Waals surface area (Å²) >= 11 is 1.65. The average Bonchev–Trinajstić information content (AvgIpc) is 2.82. The van der Waals surface area contributed by atoms with Crippen LogP contribution in [0.3, 0.4) is 0 Å². The van der Waals surface area contributed by atoms with Crippen LogP contribution in [-0.2, 0) is 0 Å². The maximum absolute atomic E-state index is 4.51. The van der Waals surface area contributed by atoms with E-state index in [2.05, 4.69) is 15.0 Å². The van der Waals surface area contributed by atoms with Crippen molar-refractivity contribution in [2.75, 3.05) is 0 Å². The zero-order valence-electron chi connectivity index (χ0n) is 8.19. The molecule has 3 nitrogen and oxygen atoms in total. The molecule has 0 unspecified atom stereocenters. The zero-order valence-corrected chi connectivity index (χ0v) is 9.01. The highest BCUT2D eigenvalue weighted by atomic mass is 32.1. The van der Waals surface area contributed by atoms with Gasteiger partial charge in [0.15, 0.2) is 0 Å². The molecule has 0 saturated carbocycles. The van der Waals surface area contributed by atoms with Crippen LogP contribution in [0.1, 0.15) is 5.01 Å². The van der Waals surface area contributed by atoms with Gasteiger partial charge in [-0.25, -0.2) is 9.97 Å². The van der Waals surface area contributed by atoms with Gasteiger partial charge in [-0.2, -0.15) is 0 Å². The number of rotatable bonds is 1. The summed E-state index contributed by atoms with van der Waals surface area (Å²) in [4.78, 5) is 13.1. The second kappa shape index (κ2) is 3.17. The number of hydrogen-bond donors (Lipinski definition) is 1. The SMILES string of the molecule is Cc1ncc(-c2nc3ccccc3[nH]2)s1. The number of para-hydroxylation sites is 2. The molecule has 0 aliphatic carbocycles. The van der Waals surface area contributed by atoms with E-state index >= 15 is 0 Å². The second-order valence-electron chi connectivity index (χ2n) is 3.35. The van der Waals surface area contributed by atoms with Crippen LogP contribution >= 0.6 is 11.3 Å². The molecule has 0 radical (unpaired) electrons. The Morgan fingerprint density at radius 2 is 2.13 bits per heavy atom. The van der Waals surface area contributed by atoms with Crippen LogP contribution in [0.5, 0.6) is 0 Å². The number of fused-ring (bicyclic) bond motifs is 1. The van der Waals surface area contributed by atoms with Crippen LogP contribution in [-0.4, -0.2) is 15.0 Å². The number of aromatic amines is 1. The molecule has 0 atom stereocenters. The van der Waals surface area contributed by atoms with E-state index in [0.717, 1.165) is 26.7 Å². The Morgan fingerprint density at radius 3 is 2.87 bits per heavy atom. The Hall–Kier alpha value is -1.68. The van der Waals surface area contributed by atoms with Crippen molar-refractivity contribution in [2.45, 2.75) is 6.92 Å². The predicted molar refractivity (Wildman–Crippen MR) is 61.9 cm³/mol. The van der Waals surface area contributed by atoms with Crippen LogP contribution in [0, 0.1) is 6.92 Å². The average molecular weight is 215 g/mol. The number of aryl methyl sites for hydroxylation is 1. The zero-order chi connectivity index (χ0) is 10.3. The van der Waals surface area contributed by atoms with Gasteiger partial charge < -0.3 is 4.98 Å². The Morgan fingerprint density at radius 1 is 1.27 bits per heavy atom. The third kappa shape index (κ3) is 1.43. The van der Waals surface area contributed by atoms with E-state index < -0.39 is 0 Å². The summed E-state index contributed by atoms with van der Waals surface area (Å²) < 4.78 is 0. The summed E-state index contributed by atoms with van der Waals surface area (Å²) in [6, 6.07) is 8.02. The summed E-state index contributed by atoms with van der Waals surface area (Å²) in [5.41, 5.74) is 2.07. The maximum Gasteiger partial charge on any atom is 0.150 e. The van der Waals surface area contributed by atoms with E-state index in [-0.39, 0.29) is 0 Å². The van der Waals surface area contributed by atoms with Gasteiger partial charge in [-0.15, -0.1) is 11.3 Å². The second-order valence-corrected chi connectivity index (χ2v) is 4.58. The van der Waals surface area contributed by atoms with Gasteiger partial charge in [0.1, 0.15) is 5.82 Å². The Labute approximate surface area is 90.8 Å². The lowest BCUT2D eigenvalue weighted by molar-refractivity contribution is 1.28. The lowest BCUT2D eigenvalue weighted by Gasteiger charge is -1.85. The lowest BCUT2D eigenvalue weighted by Crippen LogP contribution is -1.72. The van der Waals surface area contributed by atoms with Gasteiger partial charge in [0, 0.05) is 6.20 Å². The lowest BCUT2D eigenvalue weighted by atomic mass is 10.3. The van der Waals surface area contributed by atoms with E-state index in [9.17, 15) is 0 Å². The molecule has 2 aromatic heterocycles. The van der Waals surface area contributed by atoms with Crippen LogP contribution in [0.15, 0.2) is 30.5 Å². The minimum absolute atomic E-state index is 0.904. The van der Waals surface area contributed by atoms with Crippen molar-refractivity contribution in [1.82, 2.24) is 15.0 Å². The molecule has 4 heteroatoms. The fourth-order valence-corrected chi connectivity index (χ4v) is 2.26. The fourth-order valence-electron chi connectivity index (χ4n) is 1.54. The minimum atomic E-state index is 0.904. The van der Waals surface area contributed by atoms with Gasteiger partial charge in [-0.1, -0.05) is 12.1 Å². The van der Waals surface area contributed by atoms with Gasteiger partial charge in [0.2, 0.25) is 0 Å². The Bertz CT molecular complexity index is 576. The van der Waals surface area contributed by atoms with Crippen molar-refractivity contribution in [3.05, 3.63) is 35.5 Å². The molecule has 0 aliphatic heterocycles. The van der Waals surface area contributed by atoms with Crippen molar-refractivity contribution in [1.29, 1.82) is 0 Å². The van der Waals surface area contributed by atoms with E-state index in [1.165, 1.54) is 0 Å². The molecule has 1 N–H and O–H groups in total. The summed E-state index contributed by atoms with van der Waals surface area (Å²) in [6.07, 6.45) is 1.86. The highest BCUT2D eigenvalue weighted by Crippen LogP contribution is 2.25. The molecular weight excluding hydrogens is 206 g/mol. The molecule has 0 aliphatic rings. The Kier molecular flexibility index (Phi) is 1.82. The van der Waals surface area contributed by atoms with Crippen molar-refractivity contribution >= 4 is 22.4 Å². The third-order valence-electron chi connectivity index (χ3n) is 2.24. The van der Waals surface area contributed by atoms with E-state index in [1.54, 1.807) is 11.3 Å². The molecule has 0 amide bonds. The molecule has 2 heterocycles. The number of nitrogens with one attached hydrogen (secondary N) is 1. The molecule has 3 rings (SSSR count). The monoisotopic (exact) mass is 215 g/mol. The fraction of sp³-hybridized carbons (Fsp3) is 0.0909. The molecular formula is C11H9N3S. The minimum Gasteiger partial charge on any atom is -0.337 e. The van der Waals surface area contributed by atoms with E-state index in [1.807, 2.05) is 37.4 Å². The summed E-state index contributed by atoms with van der Waals surface area (Å²) in [5, 5.41) is 1.06. The van der Waals surface area contributed by atoms with Gasteiger partial charge in [0.05, 0.1) is 20.9 Å². The number of benzene rings is 1. The molecule has 0 saturated heterocycles. The first-order valence-electron chi connectivity index (χ1n) is 4.70. The van der Waals surface area contributed by atoms with Gasteiger partial charge in [-0.3, -0.25) is 0 Å². The van der Waals surface area contributed by atoms with E-state index in [4.69, 9.17) is 0 Å². The predicted octanol–water partition coefficient (Wildman–Crippen LogP) is 2.99. The van der Waals surface area contributed by atoms with Gasteiger partial charge >= 0.3 is 0 Å².